The van der Waals surface area contributed by atoms with Crippen molar-refractivity contribution in [2.75, 3.05) is 31.1 Å². The minimum Gasteiger partial charge on any atom is -0.449 e. The van der Waals surface area contributed by atoms with Crippen LogP contribution < -0.4 is 4.90 Å². The molecular weight excluding hydrogens is 368 g/mol. The van der Waals surface area contributed by atoms with Gasteiger partial charge in [0.15, 0.2) is 5.82 Å². The van der Waals surface area contributed by atoms with Gasteiger partial charge in [0, 0.05) is 38.4 Å². The van der Waals surface area contributed by atoms with Crippen molar-refractivity contribution >= 4 is 29.2 Å². The van der Waals surface area contributed by atoms with Gasteiger partial charge in [-0.15, -0.1) is 0 Å². The monoisotopic (exact) mass is 384 g/mol. The van der Waals surface area contributed by atoms with Crippen molar-refractivity contribution in [1.29, 1.82) is 0 Å². The van der Waals surface area contributed by atoms with Crippen molar-refractivity contribution in [2.24, 2.45) is 0 Å². The molecule has 5 heterocycles. The molecule has 5 rings (SSSR count). The van der Waals surface area contributed by atoms with Gasteiger partial charge in [0.05, 0.1) is 23.9 Å². The van der Waals surface area contributed by atoms with Crippen LogP contribution in [0.4, 0.5) is 10.6 Å². The molecule has 27 heavy (non-hydrogen) atoms. The number of rotatable bonds is 2. The van der Waals surface area contributed by atoms with Crippen LogP contribution in [0.25, 0.3) is 17.2 Å². The minimum absolute atomic E-state index is 0.160. The molecule has 0 saturated carbocycles. The molecule has 0 bridgehead atoms. The number of piperazine rings is 1. The van der Waals surface area contributed by atoms with E-state index in [9.17, 15) is 4.79 Å². The van der Waals surface area contributed by atoms with Crippen LogP contribution in [0.1, 0.15) is 6.42 Å². The van der Waals surface area contributed by atoms with Gasteiger partial charge >= 0.3 is 6.09 Å². The lowest BCUT2D eigenvalue weighted by Gasteiger charge is -2.43. The van der Waals surface area contributed by atoms with E-state index in [1.165, 1.54) is 0 Å². The molecule has 0 aromatic carbocycles. The van der Waals surface area contributed by atoms with Crippen molar-refractivity contribution in [1.82, 2.24) is 24.3 Å². The molecule has 2 fully saturated rings. The average Bonchev–Trinajstić information content (AvgIpc) is 3.11. The Morgan fingerprint density at radius 1 is 1.19 bits per heavy atom. The number of carbonyl (C=O) groups is 1. The molecule has 2 aliphatic rings. The first-order valence-electron chi connectivity index (χ1n) is 8.83. The lowest BCUT2D eigenvalue weighted by molar-refractivity contribution is 0.0397. The maximum absolute atomic E-state index is 11.9. The van der Waals surface area contributed by atoms with Crippen LogP contribution in [0.5, 0.6) is 0 Å². The van der Waals surface area contributed by atoms with E-state index in [1.807, 2.05) is 27.6 Å². The highest BCUT2D eigenvalue weighted by Crippen LogP contribution is 2.25. The first kappa shape index (κ1) is 16.3. The van der Waals surface area contributed by atoms with Crippen molar-refractivity contribution in [2.45, 2.75) is 12.5 Å². The quantitative estimate of drug-likeness (QED) is 0.675. The number of halogens is 1. The number of fused-ring (bicyclic) bond motifs is 2. The zero-order valence-corrected chi connectivity index (χ0v) is 15.2. The Morgan fingerprint density at radius 2 is 2.11 bits per heavy atom. The number of hydrogen-bond acceptors (Lipinski definition) is 6. The first-order valence-corrected chi connectivity index (χ1v) is 9.21. The second-order valence-corrected chi connectivity index (χ2v) is 7.09. The van der Waals surface area contributed by atoms with E-state index >= 15 is 0 Å². The zero-order valence-electron chi connectivity index (χ0n) is 14.5. The topological polar surface area (TPSA) is 75.9 Å². The Labute approximate surface area is 160 Å². The number of amides is 1. The van der Waals surface area contributed by atoms with E-state index in [0.717, 1.165) is 30.1 Å². The van der Waals surface area contributed by atoms with Gasteiger partial charge in [-0.25, -0.2) is 19.7 Å². The fraction of sp³-hybridized carbons (Fsp3) is 0.333. The fourth-order valence-corrected chi connectivity index (χ4v) is 3.85. The third-order valence-corrected chi connectivity index (χ3v) is 5.28. The van der Waals surface area contributed by atoms with Gasteiger partial charge in [-0.1, -0.05) is 11.6 Å². The second kappa shape index (κ2) is 6.38. The second-order valence-electron chi connectivity index (χ2n) is 6.65. The summed E-state index contributed by atoms with van der Waals surface area (Å²) in [5.74, 6) is 1.43. The Morgan fingerprint density at radius 3 is 3.04 bits per heavy atom. The summed E-state index contributed by atoms with van der Waals surface area (Å²) in [5, 5.41) is 0.623. The fourth-order valence-electron chi connectivity index (χ4n) is 3.68. The third-order valence-electron chi connectivity index (χ3n) is 5.06. The summed E-state index contributed by atoms with van der Waals surface area (Å²) in [7, 11) is 0. The van der Waals surface area contributed by atoms with Crippen molar-refractivity contribution in [3.05, 3.63) is 41.8 Å². The van der Waals surface area contributed by atoms with Gasteiger partial charge in [-0.05, 0) is 18.2 Å². The zero-order chi connectivity index (χ0) is 18.4. The number of hydrogen-bond donors (Lipinski definition) is 0. The summed E-state index contributed by atoms with van der Waals surface area (Å²) in [4.78, 5) is 29.5. The van der Waals surface area contributed by atoms with Crippen LogP contribution in [0.15, 0.2) is 36.8 Å². The number of imidazole rings is 1. The van der Waals surface area contributed by atoms with Gasteiger partial charge in [0.25, 0.3) is 0 Å². The van der Waals surface area contributed by atoms with Gasteiger partial charge < -0.3 is 14.5 Å². The van der Waals surface area contributed by atoms with Crippen molar-refractivity contribution in [3.63, 3.8) is 0 Å². The number of ether oxygens (including phenoxy) is 1. The van der Waals surface area contributed by atoms with Crippen molar-refractivity contribution in [3.8, 4) is 11.5 Å². The van der Waals surface area contributed by atoms with Gasteiger partial charge in [-0.2, -0.15) is 0 Å². The molecule has 8 nitrogen and oxygen atoms in total. The van der Waals surface area contributed by atoms with E-state index in [-0.39, 0.29) is 12.1 Å². The number of carbonyl (C=O) groups excluding carboxylic acids is 1. The normalized spacial score (nSPS) is 19.9. The molecule has 0 spiro atoms. The molecule has 2 saturated heterocycles. The molecule has 138 valence electrons. The van der Waals surface area contributed by atoms with Crippen LogP contribution in [-0.2, 0) is 4.74 Å². The number of pyridine rings is 1. The molecule has 0 aliphatic carbocycles. The molecule has 3 aromatic rings. The highest BCUT2D eigenvalue weighted by molar-refractivity contribution is 6.30. The summed E-state index contributed by atoms with van der Waals surface area (Å²) in [5.41, 5.74) is 1.58. The molecule has 0 N–H and O–H groups in total. The summed E-state index contributed by atoms with van der Waals surface area (Å²) in [6, 6.07) is 5.72. The maximum Gasteiger partial charge on any atom is 0.410 e. The van der Waals surface area contributed by atoms with E-state index in [4.69, 9.17) is 21.3 Å². The Balaban J connectivity index is 1.45. The standard InChI is InChI=1S/C18H17ClN6O2/c19-12-1-2-15-21-9-14(25(15)10-12)17-20-5-3-16(22-17)23-6-7-24-13(11-23)4-8-27-18(24)26/h1-3,5,9-10,13H,4,6-8,11H2. The van der Waals surface area contributed by atoms with Crippen molar-refractivity contribution < 1.29 is 9.53 Å². The molecular formula is C18H17ClN6O2. The van der Waals surface area contributed by atoms with Crippen LogP contribution >= 0.6 is 11.6 Å². The molecule has 1 unspecified atom stereocenters. The molecule has 2 aliphatic heterocycles. The SMILES string of the molecule is O=C1OCCC2CN(c3ccnc(-c4cnc5ccc(Cl)cn45)n3)CCN12. The van der Waals surface area contributed by atoms with Gasteiger partial charge in [0.2, 0.25) is 0 Å². The van der Waals surface area contributed by atoms with E-state index in [2.05, 4.69) is 14.9 Å². The molecule has 0 radical (unpaired) electrons. The number of aromatic nitrogens is 4. The predicted molar refractivity (Wildman–Crippen MR) is 99.9 cm³/mol. The van der Waals surface area contributed by atoms with Gasteiger partial charge in [-0.3, -0.25) is 4.40 Å². The van der Waals surface area contributed by atoms with E-state index < -0.39 is 0 Å². The molecule has 1 atom stereocenters. The summed E-state index contributed by atoms with van der Waals surface area (Å²) in [6.45, 7) is 2.56. The number of cyclic esters (lactones) is 1. The smallest absolute Gasteiger partial charge is 0.410 e. The summed E-state index contributed by atoms with van der Waals surface area (Å²) >= 11 is 6.12. The van der Waals surface area contributed by atoms with Crippen LogP contribution in [0, 0.1) is 0 Å². The average molecular weight is 385 g/mol. The van der Waals surface area contributed by atoms with Crippen LogP contribution in [0.2, 0.25) is 5.02 Å². The van der Waals surface area contributed by atoms with Gasteiger partial charge in [0.1, 0.15) is 17.2 Å². The summed E-state index contributed by atoms with van der Waals surface area (Å²) in [6.07, 6.45) is 5.94. The molecule has 9 heteroatoms. The largest absolute Gasteiger partial charge is 0.449 e. The minimum atomic E-state index is -0.211. The molecule has 3 aromatic heterocycles. The Bertz CT molecular complexity index is 1020. The highest BCUT2D eigenvalue weighted by atomic mass is 35.5. The molecule has 1 amide bonds. The lowest BCUT2D eigenvalue weighted by atomic mass is 10.1. The van der Waals surface area contributed by atoms with Crippen LogP contribution in [0.3, 0.4) is 0 Å². The Hall–Kier alpha value is -2.87. The first-order chi connectivity index (χ1) is 13.2. The predicted octanol–water partition coefficient (Wildman–Crippen LogP) is 2.48. The number of anilines is 1. The van der Waals surface area contributed by atoms with E-state index in [1.54, 1.807) is 18.5 Å². The highest BCUT2D eigenvalue weighted by Gasteiger charge is 2.35. The lowest BCUT2D eigenvalue weighted by Crippen LogP contribution is -2.58. The summed E-state index contributed by atoms with van der Waals surface area (Å²) < 4.78 is 7.01. The maximum atomic E-state index is 11.9. The van der Waals surface area contributed by atoms with Crippen LogP contribution in [-0.4, -0.2) is 62.6 Å². The third kappa shape index (κ3) is 2.86. The Kier molecular flexibility index (Phi) is 3.86. The van der Waals surface area contributed by atoms with E-state index in [0.29, 0.717) is 30.5 Å². The number of nitrogens with zero attached hydrogens (tertiary/aromatic N) is 6.